The molecule has 0 aromatic heterocycles. The molecule has 0 saturated heterocycles. The molecule has 2 unspecified atom stereocenters. The smallest absolute Gasteiger partial charge is 0.267 e. The minimum atomic E-state index is -4.33. The minimum Gasteiger partial charge on any atom is -0.387 e. The zero-order chi connectivity index (χ0) is 31.2. The van der Waals surface area contributed by atoms with Gasteiger partial charge in [0, 0.05) is 6.42 Å². The third-order valence-electron chi connectivity index (χ3n) is 7.87. The second-order valence-electron chi connectivity index (χ2n) is 12.1. The van der Waals surface area contributed by atoms with Gasteiger partial charge >= 0.3 is 0 Å². The predicted octanol–water partition coefficient (Wildman–Crippen LogP) is 9.62. The predicted molar refractivity (Wildman–Crippen MR) is 179 cm³/mol. The molecule has 0 heterocycles. The maximum atomic E-state index is 12.4. The number of carbonyl (C=O) groups is 1. The third-order valence-corrected chi connectivity index (χ3v) is 8.65. The van der Waals surface area contributed by atoms with Crippen molar-refractivity contribution in [2.75, 3.05) is 5.75 Å². The number of unbranched alkanes of at least 4 members (excludes halogenated alkanes) is 21. The van der Waals surface area contributed by atoms with Gasteiger partial charge in [-0.3, -0.25) is 9.35 Å². The highest BCUT2D eigenvalue weighted by Gasteiger charge is 2.24. The lowest BCUT2D eigenvalue weighted by Crippen LogP contribution is -2.46. The van der Waals surface area contributed by atoms with Crippen molar-refractivity contribution in [1.82, 2.24) is 5.32 Å². The molecule has 0 aliphatic carbocycles. The zero-order valence-electron chi connectivity index (χ0n) is 27.4. The van der Waals surface area contributed by atoms with Crippen LogP contribution in [0.3, 0.4) is 0 Å². The molecule has 0 saturated carbocycles. The largest absolute Gasteiger partial charge is 0.387 e. The van der Waals surface area contributed by atoms with Gasteiger partial charge in [-0.2, -0.15) is 8.42 Å². The fourth-order valence-electron chi connectivity index (χ4n) is 5.21. The Kier molecular flexibility index (Phi) is 29.0. The molecular weight excluding hydrogens is 546 g/mol. The van der Waals surface area contributed by atoms with Gasteiger partial charge in [0.05, 0.1) is 17.9 Å². The van der Waals surface area contributed by atoms with Crippen molar-refractivity contribution in [2.24, 2.45) is 0 Å². The van der Waals surface area contributed by atoms with E-state index in [0.717, 1.165) is 44.9 Å². The van der Waals surface area contributed by atoms with E-state index in [0.29, 0.717) is 6.42 Å². The maximum absolute atomic E-state index is 12.4. The van der Waals surface area contributed by atoms with Crippen LogP contribution in [-0.2, 0) is 14.9 Å². The summed E-state index contributed by atoms with van der Waals surface area (Å²) in [5.74, 6) is -0.984. The van der Waals surface area contributed by atoms with E-state index < -0.39 is 28.0 Å². The molecule has 248 valence electrons. The zero-order valence-corrected chi connectivity index (χ0v) is 28.2. The van der Waals surface area contributed by atoms with Crippen LogP contribution in [-0.4, -0.2) is 41.9 Å². The Balaban J connectivity index is 3.93. The molecule has 0 fully saturated rings. The summed E-state index contributed by atoms with van der Waals surface area (Å²) in [6, 6.07) is -1.05. The SMILES string of the molecule is CCCCCCCCC/C=C\CCCCCCCCCC(=O)NC(CS(=O)(=O)O)C(O)/C=C/CCCCCCCCC. The van der Waals surface area contributed by atoms with Crippen molar-refractivity contribution >= 4 is 16.0 Å². The summed E-state index contributed by atoms with van der Waals surface area (Å²) in [6.07, 6.45) is 36.0. The summed E-state index contributed by atoms with van der Waals surface area (Å²) in [5.41, 5.74) is 0. The Bertz CT molecular complexity index is 765. The summed E-state index contributed by atoms with van der Waals surface area (Å²) in [5, 5.41) is 13.1. The van der Waals surface area contributed by atoms with E-state index in [1.54, 1.807) is 6.08 Å². The fraction of sp³-hybridized carbons (Fsp3) is 0.857. The minimum absolute atomic E-state index is 0.286. The summed E-state index contributed by atoms with van der Waals surface area (Å²) >= 11 is 0. The van der Waals surface area contributed by atoms with Gasteiger partial charge in [0.1, 0.15) is 0 Å². The highest BCUT2D eigenvalue weighted by atomic mass is 32.2. The van der Waals surface area contributed by atoms with E-state index in [2.05, 4.69) is 31.3 Å². The van der Waals surface area contributed by atoms with Gasteiger partial charge in [-0.15, -0.1) is 0 Å². The molecule has 0 aromatic rings. The molecule has 0 bridgehead atoms. The number of nitrogens with one attached hydrogen (secondary N) is 1. The van der Waals surface area contributed by atoms with Gasteiger partial charge in [-0.1, -0.05) is 147 Å². The van der Waals surface area contributed by atoms with Gasteiger partial charge in [0.15, 0.2) is 0 Å². The number of amides is 1. The van der Waals surface area contributed by atoms with E-state index in [4.69, 9.17) is 0 Å². The third kappa shape index (κ3) is 30.3. The van der Waals surface area contributed by atoms with Gasteiger partial charge < -0.3 is 10.4 Å². The average molecular weight is 614 g/mol. The van der Waals surface area contributed by atoms with Crippen molar-refractivity contribution in [3.05, 3.63) is 24.3 Å². The van der Waals surface area contributed by atoms with Crippen LogP contribution in [0.1, 0.15) is 174 Å². The van der Waals surface area contributed by atoms with Gasteiger partial charge in [-0.05, 0) is 44.9 Å². The molecule has 6 nitrogen and oxygen atoms in total. The first kappa shape index (κ1) is 40.8. The number of hydrogen-bond acceptors (Lipinski definition) is 4. The first-order valence-corrected chi connectivity index (χ1v) is 19.1. The van der Waals surface area contributed by atoms with Crippen LogP contribution in [0.4, 0.5) is 0 Å². The lowest BCUT2D eigenvalue weighted by Gasteiger charge is -2.21. The van der Waals surface area contributed by atoms with Crippen LogP contribution >= 0.6 is 0 Å². The molecule has 2 atom stereocenters. The number of rotatable bonds is 31. The second kappa shape index (κ2) is 29.9. The lowest BCUT2D eigenvalue weighted by atomic mass is 10.1. The summed E-state index contributed by atoms with van der Waals surface area (Å²) in [4.78, 5) is 12.4. The van der Waals surface area contributed by atoms with E-state index in [1.165, 1.54) is 109 Å². The van der Waals surface area contributed by atoms with Crippen molar-refractivity contribution in [2.45, 2.75) is 187 Å². The van der Waals surface area contributed by atoms with Crippen LogP contribution in [0.5, 0.6) is 0 Å². The number of aliphatic hydroxyl groups excluding tert-OH is 1. The van der Waals surface area contributed by atoms with Gasteiger partial charge in [0.25, 0.3) is 10.1 Å². The van der Waals surface area contributed by atoms with Crippen molar-refractivity contribution < 1.29 is 22.9 Å². The van der Waals surface area contributed by atoms with Crippen molar-refractivity contribution in [1.29, 1.82) is 0 Å². The Morgan fingerprint density at radius 1 is 0.619 bits per heavy atom. The van der Waals surface area contributed by atoms with Crippen LogP contribution < -0.4 is 5.32 Å². The molecule has 42 heavy (non-hydrogen) atoms. The second-order valence-corrected chi connectivity index (χ2v) is 13.6. The van der Waals surface area contributed by atoms with Crippen LogP contribution in [0, 0.1) is 0 Å². The molecule has 0 radical (unpaired) electrons. The topological polar surface area (TPSA) is 104 Å². The highest BCUT2D eigenvalue weighted by molar-refractivity contribution is 7.85. The number of allylic oxidation sites excluding steroid dienone is 3. The Hall–Kier alpha value is -1.18. The van der Waals surface area contributed by atoms with Crippen molar-refractivity contribution in [3.63, 3.8) is 0 Å². The monoisotopic (exact) mass is 613 g/mol. The average Bonchev–Trinajstić information content (AvgIpc) is 2.94. The Morgan fingerprint density at radius 2 is 1.00 bits per heavy atom. The maximum Gasteiger partial charge on any atom is 0.267 e. The van der Waals surface area contributed by atoms with Crippen LogP contribution in [0.15, 0.2) is 24.3 Å². The molecule has 0 aliphatic heterocycles. The Morgan fingerprint density at radius 3 is 1.43 bits per heavy atom. The summed E-state index contributed by atoms with van der Waals surface area (Å²) in [6.45, 7) is 4.46. The first-order chi connectivity index (χ1) is 20.3. The number of hydrogen-bond donors (Lipinski definition) is 3. The lowest BCUT2D eigenvalue weighted by molar-refractivity contribution is -0.122. The molecule has 7 heteroatoms. The van der Waals surface area contributed by atoms with E-state index in [9.17, 15) is 22.9 Å². The standard InChI is InChI=1S/C35H67NO5S/c1-3-5-7-9-11-13-14-15-16-17-18-19-20-21-23-25-27-29-31-35(38)36-33(32-42(39,40)41)34(37)30-28-26-24-22-12-10-8-6-4-2/h16-17,28,30,33-34,37H,3-15,18-27,29,31-32H2,1-2H3,(H,36,38)(H,39,40,41)/b17-16-,30-28+. The quantitative estimate of drug-likeness (QED) is 0.0410. The molecule has 3 N–H and O–H groups in total. The molecule has 0 aliphatic rings. The van der Waals surface area contributed by atoms with E-state index in [1.807, 2.05) is 6.08 Å². The summed E-state index contributed by atoms with van der Waals surface area (Å²) in [7, 11) is -4.33. The number of carbonyl (C=O) groups excluding carboxylic acids is 1. The van der Waals surface area contributed by atoms with Gasteiger partial charge in [0.2, 0.25) is 5.91 Å². The van der Waals surface area contributed by atoms with Crippen molar-refractivity contribution in [3.8, 4) is 0 Å². The van der Waals surface area contributed by atoms with Gasteiger partial charge in [-0.25, -0.2) is 0 Å². The normalized spacial score (nSPS) is 13.7. The first-order valence-electron chi connectivity index (χ1n) is 17.5. The number of aliphatic hydroxyl groups is 1. The van der Waals surface area contributed by atoms with E-state index in [-0.39, 0.29) is 5.91 Å². The molecular formula is C35H67NO5S. The van der Waals surface area contributed by atoms with E-state index >= 15 is 0 Å². The van der Waals surface area contributed by atoms with Crippen LogP contribution in [0.25, 0.3) is 0 Å². The summed E-state index contributed by atoms with van der Waals surface area (Å²) < 4.78 is 32.2. The van der Waals surface area contributed by atoms with Crippen LogP contribution in [0.2, 0.25) is 0 Å². The molecule has 0 spiro atoms. The highest BCUT2D eigenvalue weighted by Crippen LogP contribution is 2.13. The Labute approximate surface area is 260 Å². The molecule has 0 aromatic carbocycles. The molecule has 0 rings (SSSR count). The fourth-order valence-corrected chi connectivity index (χ4v) is 5.94. The molecule has 1 amide bonds.